The molecule has 2 rings (SSSR count). The lowest BCUT2D eigenvalue weighted by Gasteiger charge is -2.15. The minimum Gasteiger partial charge on any atom is -0.744 e. The molecule has 2 aromatic rings. The zero-order valence-corrected chi connectivity index (χ0v) is 13.5. The molecule has 1 heterocycles. The first-order valence-corrected chi connectivity index (χ1v) is 9.01. The number of hydrogen-bond acceptors (Lipinski definition) is 10. The van der Waals surface area contributed by atoms with Crippen molar-refractivity contribution in [2.75, 3.05) is 6.61 Å². The van der Waals surface area contributed by atoms with Crippen molar-refractivity contribution >= 4 is 26.2 Å². The lowest BCUT2D eigenvalue weighted by molar-refractivity contribution is 0.0520. The van der Waals surface area contributed by atoms with Crippen molar-refractivity contribution in [1.29, 1.82) is 0 Å². The Kier molecular flexibility index (Phi) is 4.70. The van der Waals surface area contributed by atoms with Crippen molar-refractivity contribution in [3.05, 3.63) is 23.9 Å². The van der Waals surface area contributed by atoms with Crippen LogP contribution in [0.1, 0.15) is 17.4 Å². The molecule has 0 aliphatic heterocycles. The fraction of sp³-hybridized carbons (Fsp3) is 0.182. The van der Waals surface area contributed by atoms with Crippen molar-refractivity contribution in [2.45, 2.75) is 16.7 Å². The summed E-state index contributed by atoms with van der Waals surface area (Å²) in [5, 5.41) is 9.09. The molecule has 0 saturated carbocycles. The van der Waals surface area contributed by atoms with Gasteiger partial charge in [0.1, 0.15) is 25.9 Å². The Hall–Kier alpha value is -2.35. The third kappa shape index (κ3) is 3.59. The van der Waals surface area contributed by atoms with Gasteiger partial charge < -0.3 is 13.8 Å². The molecular formula is C11H9N3O8S2-2. The number of benzene rings is 1. The highest BCUT2D eigenvalue weighted by molar-refractivity contribution is 7.86. The SMILES string of the molecule is CCOC(=O)c1n[nH]nc1-c1cc(S(=O)(=O)[O-])ccc1S(=O)(=O)[O-]. The zero-order chi connectivity index (χ0) is 18.1. The number of nitrogens with zero attached hydrogens (tertiary/aromatic N) is 2. The number of ether oxygens (including phenoxy) is 1. The van der Waals surface area contributed by atoms with Gasteiger partial charge in [-0.2, -0.15) is 10.3 Å². The van der Waals surface area contributed by atoms with Gasteiger partial charge >= 0.3 is 5.97 Å². The van der Waals surface area contributed by atoms with E-state index in [0.29, 0.717) is 18.2 Å². The Morgan fingerprint density at radius 2 is 1.83 bits per heavy atom. The van der Waals surface area contributed by atoms with Gasteiger partial charge in [-0.25, -0.2) is 21.6 Å². The van der Waals surface area contributed by atoms with E-state index in [-0.39, 0.29) is 6.61 Å². The van der Waals surface area contributed by atoms with Crippen LogP contribution in [-0.4, -0.2) is 53.9 Å². The fourth-order valence-corrected chi connectivity index (χ4v) is 2.98. The molecule has 0 aliphatic carbocycles. The number of carbonyl (C=O) groups excluding carboxylic acids is 1. The number of nitrogens with one attached hydrogen (secondary N) is 1. The quantitative estimate of drug-likeness (QED) is 0.526. The van der Waals surface area contributed by atoms with Crippen molar-refractivity contribution in [2.24, 2.45) is 0 Å². The summed E-state index contributed by atoms with van der Waals surface area (Å²) in [5.41, 5.74) is -1.46. The third-order valence-electron chi connectivity index (χ3n) is 2.78. The van der Waals surface area contributed by atoms with Gasteiger partial charge in [-0.1, -0.05) is 0 Å². The molecule has 0 atom stereocenters. The van der Waals surface area contributed by atoms with Crippen LogP contribution in [0.15, 0.2) is 28.0 Å². The number of rotatable bonds is 5. The molecule has 1 aromatic carbocycles. The highest BCUT2D eigenvalue weighted by Gasteiger charge is 2.24. The number of hydrogen-bond donors (Lipinski definition) is 1. The lowest BCUT2D eigenvalue weighted by Crippen LogP contribution is -2.09. The second-order valence-corrected chi connectivity index (χ2v) is 7.04. The molecule has 1 aromatic heterocycles. The molecule has 1 N–H and O–H groups in total. The number of H-pyrrole nitrogens is 1. The average Bonchev–Trinajstić information content (AvgIpc) is 2.94. The van der Waals surface area contributed by atoms with Crippen LogP contribution in [0.25, 0.3) is 11.3 Å². The maximum Gasteiger partial charge on any atom is 0.361 e. The van der Waals surface area contributed by atoms with E-state index in [4.69, 9.17) is 4.74 Å². The average molecular weight is 375 g/mol. The molecule has 0 fully saturated rings. The number of carbonyl (C=O) groups is 1. The first-order valence-electron chi connectivity index (χ1n) is 6.19. The molecule has 0 saturated heterocycles. The second-order valence-electron chi connectivity index (χ2n) is 4.31. The molecule has 0 spiro atoms. The predicted octanol–water partition coefficient (Wildman–Crippen LogP) is -0.543. The monoisotopic (exact) mass is 375 g/mol. The van der Waals surface area contributed by atoms with E-state index in [2.05, 4.69) is 10.2 Å². The first-order chi connectivity index (χ1) is 11.1. The summed E-state index contributed by atoms with van der Waals surface area (Å²) in [6.45, 7) is 1.49. The van der Waals surface area contributed by atoms with Crippen LogP contribution in [-0.2, 0) is 25.0 Å². The Morgan fingerprint density at radius 1 is 1.17 bits per heavy atom. The van der Waals surface area contributed by atoms with Crippen LogP contribution >= 0.6 is 0 Å². The van der Waals surface area contributed by atoms with E-state index in [0.717, 1.165) is 0 Å². The topological polar surface area (TPSA) is 182 Å². The molecule has 24 heavy (non-hydrogen) atoms. The van der Waals surface area contributed by atoms with Crippen molar-refractivity contribution in [3.63, 3.8) is 0 Å². The largest absolute Gasteiger partial charge is 0.744 e. The summed E-state index contributed by atoms with van der Waals surface area (Å²) < 4.78 is 72.1. The Bertz CT molecular complexity index is 994. The van der Waals surface area contributed by atoms with Crippen LogP contribution in [0.5, 0.6) is 0 Å². The maximum atomic E-state index is 11.8. The molecule has 0 radical (unpaired) electrons. The van der Waals surface area contributed by atoms with Gasteiger partial charge in [-0.05, 0) is 25.1 Å². The second kappa shape index (κ2) is 6.27. The highest BCUT2D eigenvalue weighted by atomic mass is 32.2. The van der Waals surface area contributed by atoms with Crippen molar-refractivity contribution in [3.8, 4) is 11.3 Å². The summed E-state index contributed by atoms with van der Waals surface area (Å²) in [7, 11) is -10.0. The number of esters is 1. The van der Waals surface area contributed by atoms with Crippen LogP contribution in [0.2, 0.25) is 0 Å². The normalized spacial score (nSPS) is 12.1. The molecule has 0 unspecified atom stereocenters. The summed E-state index contributed by atoms with van der Waals surface area (Å²) in [6, 6.07) is 1.94. The standard InChI is InChI=1S/C11H11N3O8S2/c1-2-22-11(15)10-9(12-14-13-10)7-5-6(23(16,17)18)3-4-8(7)24(19,20)21/h3-5H,2H2,1H3,(H,12,13,14)(H,16,17,18)(H,19,20,21)/p-2. The summed E-state index contributed by atoms with van der Waals surface area (Å²) in [5.74, 6) is -0.981. The van der Waals surface area contributed by atoms with Crippen LogP contribution < -0.4 is 0 Å². The zero-order valence-electron chi connectivity index (χ0n) is 11.9. The van der Waals surface area contributed by atoms with Crippen molar-refractivity contribution < 1.29 is 35.5 Å². The molecule has 13 heteroatoms. The molecule has 0 bridgehead atoms. The minimum atomic E-state index is -5.06. The lowest BCUT2D eigenvalue weighted by atomic mass is 10.1. The third-order valence-corrected chi connectivity index (χ3v) is 4.51. The van der Waals surface area contributed by atoms with E-state index < -0.39 is 52.9 Å². The molecular weight excluding hydrogens is 366 g/mol. The minimum absolute atomic E-state index is 0.0210. The van der Waals surface area contributed by atoms with E-state index >= 15 is 0 Å². The van der Waals surface area contributed by atoms with E-state index in [1.54, 1.807) is 0 Å². The number of aromatic amines is 1. The smallest absolute Gasteiger partial charge is 0.361 e. The number of aromatic nitrogens is 3. The van der Waals surface area contributed by atoms with Crippen LogP contribution in [0, 0.1) is 0 Å². The molecule has 11 nitrogen and oxygen atoms in total. The van der Waals surface area contributed by atoms with Gasteiger partial charge in [0.25, 0.3) is 0 Å². The molecule has 0 amide bonds. The Labute approximate surface area is 136 Å². The summed E-state index contributed by atoms with van der Waals surface area (Å²) in [4.78, 5) is 10.1. The van der Waals surface area contributed by atoms with Crippen LogP contribution in [0.3, 0.4) is 0 Å². The Morgan fingerprint density at radius 3 is 2.38 bits per heavy atom. The van der Waals surface area contributed by atoms with Crippen LogP contribution in [0.4, 0.5) is 0 Å². The van der Waals surface area contributed by atoms with Gasteiger partial charge in [-0.3, -0.25) is 0 Å². The summed E-state index contributed by atoms with van der Waals surface area (Å²) in [6.07, 6.45) is 0. The Balaban J connectivity index is 2.78. The highest BCUT2D eigenvalue weighted by Crippen LogP contribution is 2.30. The van der Waals surface area contributed by atoms with Gasteiger partial charge in [0.2, 0.25) is 0 Å². The first kappa shape index (κ1) is 18.0. The van der Waals surface area contributed by atoms with Gasteiger partial charge in [-0.15, -0.1) is 5.10 Å². The van der Waals surface area contributed by atoms with E-state index in [1.165, 1.54) is 6.92 Å². The predicted molar refractivity (Wildman–Crippen MR) is 73.7 cm³/mol. The maximum absolute atomic E-state index is 11.8. The van der Waals surface area contributed by atoms with E-state index in [9.17, 15) is 30.7 Å². The van der Waals surface area contributed by atoms with Gasteiger partial charge in [0, 0.05) is 5.56 Å². The molecule has 0 aliphatic rings. The van der Waals surface area contributed by atoms with Gasteiger partial charge in [0.05, 0.1) is 16.4 Å². The van der Waals surface area contributed by atoms with E-state index in [1.807, 2.05) is 5.21 Å². The fourth-order valence-electron chi connectivity index (χ4n) is 1.83. The molecule has 130 valence electrons. The van der Waals surface area contributed by atoms with Gasteiger partial charge in [0.15, 0.2) is 5.69 Å². The summed E-state index contributed by atoms with van der Waals surface area (Å²) >= 11 is 0. The van der Waals surface area contributed by atoms with Crippen molar-refractivity contribution in [1.82, 2.24) is 15.4 Å².